The van der Waals surface area contributed by atoms with E-state index >= 15 is 0 Å². The number of para-hydroxylation sites is 2. The summed E-state index contributed by atoms with van der Waals surface area (Å²) in [5.41, 5.74) is 3.82. The van der Waals surface area contributed by atoms with Crippen LogP contribution in [0.15, 0.2) is 29.1 Å². The minimum absolute atomic E-state index is 0.0744. The van der Waals surface area contributed by atoms with Gasteiger partial charge in [0.1, 0.15) is 17.5 Å². The van der Waals surface area contributed by atoms with Crippen molar-refractivity contribution in [2.45, 2.75) is 33.1 Å². The van der Waals surface area contributed by atoms with Crippen LogP contribution >= 0.6 is 0 Å². The van der Waals surface area contributed by atoms with Crippen LogP contribution in [0.3, 0.4) is 0 Å². The predicted molar refractivity (Wildman–Crippen MR) is 102 cm³/mol. The standard InChI is InChI=1S/C20H21N5O2/c1-12-14(13(2)23-20(27)15(12)11-21)7-8-19(26)22-10-9-18-24-16-5-3-4-6-17(16)25-18/h3-6H,7-10H2,1-2H3,(H,22,26)(H,23,27)(H,24,25). The van der Waals surface area contributed by atoms with Crippen molar-refractivity contribution in [3.8, 4) is 6.07 Å². The number of aromatic amines is 2. The minimum Gasteiger partial charge on any atom is -0.356 e. The quantitative estimate of drug-likeness (QED) is 0.621. The molecule has 0 saturated heterocycles. The van der Waals surface area contributed by atoms with E-state index in [-0.39, 0.29) is 17.0 Å². The topological polar surface area (TPSA) is 114 Å². The molecule has 7 nitrogen and oxygen atoms in total. The molecule has 1 aromatic carbocycles. The zero-order valence-electron chi connectivity index (χ0n) is 15.3. The number of pyridine rings is 1. The average Bonchev–Trinajstić information content (AvgIpc) is 3.04. The second-order valence-electron chi connectivity index (χ2n) is 6.47. The molecule has 0 fully saturated rings. The Balaban J connectivity index is 1.54. The highest BCUT2D eigenvalue weighted by Crippen LogP contribution is 2.15. The van der Waals surface area contributed by atoms with Gasteiger partial charge in [0.2, 0.25) is 5.91 Å². The van der Waals surface area contributed by atoms with Crippen LogP contribution in [0.4, 0.5) is 0 Å². The van der Waals surface area contributed by atoms with Gasteiger partial charge in [-0.2, -0.15) is 5.26 Å². The van der Waals surface area contributed by atoms with E-state index in [0.29, 0.717) is 37.1 Å². The predicted octanol–water partition coefficient (Wildman–Crippen LogP) is 2.03. The third-order valence-electron chi connectivity index (χ3n) is 4.64. The van der Waals surface area contributed by atoms with Crippen molar-refractivity contribution in [1.82, 2.24) is 20.3 Å². The molecule has 0 unspecified atom stereocenters. The lowest BCUT2D eigenvalue weighted by Crippen LogP contribution is -2.26. The van der Waals surface area contributed by atoms with Gasteiger partial charge in [0.15, 0.2) is 0 Å². The van der Waals surface area contributed by atoms with Gasteiger partial charge in [0, 0.05) is 25.1 Å². The number of benzene rings is 1. The Morgan fingerprint density at radius 2 is 2.00 bits per heavy atom. The van der Waals surface area contributed by atoms with E-state index in [0.717, 1.165) is 22.4 Å². The SMILES string of the molecule is Cc1[nH]c(=O)c(C#N)c(C)c1CCC(=O)NCCc1nc2ccccc2[nH]1. The van der Waals surface area contributed by atoms with Crippen molar-refractivity contribution in [3.63, 3.8) is 0 Å². The Morgan fingerprint density at radius 3 is 2.74 bits per heavy atom. The summed E-state index contributed by atoms with van der Waals surface area (Å²) >= 11 is 0. The van der Waals surface area contributed by atoms with Crippen LogP contribution < -0.4 is 10.9 Å². The number of carbonyl (C=O) groups is 1. The molecule has 0 saturated carbocycles. The number of hydrogen-bond acceptors (Lipinski definition) is 4. The largest absolute Gasteiger partial charge is 0.356 e. The second kappa shape index (κ2) is 7.87. The summed E-state index contributed by atoms with van der Waals surface area (Å²) in [6.45, 7) is 4.02. The summed E-state index contributed by atoms with van der Waals surface area (Å²) in [7, 11) is 0. The van der Waals surface area contributed by atoms with Crippen LogP contribution in [0.1, 0.15) is 34.6 Å². The Morgan fingerprint density at radius 1 is 1.22 bits per heavy atom. The van der Waals surface area contributed by atoms with Gasteiger partial charge in [-0.15, -0.1) is 0 Å². The van der Waals surface area contributed by atoms with Gasteiger partial charge in [-0.25, -0.2) is 4.98 Å². The van der Waals surface area contributed by atoms with Gasteiger partial charge < -0.3 is 15.3 Å². The second-order valence-corrected chi connectivity index (χ2v) is 6.47. The molecule has 0 radical (unpaired) electrons. The monoisotopic (exact) mass is 363 g/mol. The number of nitrogens with zero attached hydrogens (tertiary/aromatic N) is 2. The Kier molecular flexibility index (Phi) is 5.36. The number of nitriles is 1. The van der Waals surface area contributed by atoms with Crippen LogP contribution in [0.25, 0.3) is 11.0 Å². The van der Waals surface area contributed by atoms with Gasteiger partial charge in [-0.05, 0) is 43.5 Å². The zero-order valence-corrected chi connectivity index (χ0v) is 15.3. The van der Waals surface area contributed by atoms with Gasteiger partial charge in [-0.1, -0.05) is 12.1 Å². The molecule has 0 atom stereocenters. The first kappa shape index (κ1) is 18.4. The fourth-order valence-electron chi connectivity index (χ4n) is 3.19. The fourth-order valence-corrected chi connectivity index (χ4v) is 3.19. The molecule has 3 aromatic rings. The highest BCUT2D eigenvalue weighted by molar-refractivity contribution is 5.76. The summed E-state index contributed by atoms with van der Waals surface area (Å²) in [6.07, 6.45) is 1.38. The number of hydrogen-bond donors (Lipinski definition) is 3. The molecule has 1 amide bonds. The molecule has 138 valence electrons. The van der Waals surface area contributed by atoms with Crippen LogP contribution in [0.5, 0.6) is 0 Å². The maximum Gasteiger partial charge on any atom is 0.266 e. The third kappa shape index (κ3) is 4.06. The molecule has 3 N–H and O–H groups in total. The third-order valence-corrected chi connectivity index (χ3v) is 4.64. The number of amides is 1. The molecule has 7 heteroatoms. The number of nitrogens with one attached hydrogen (secondary N) is 3. The lowest BCUT2D eigenvalue weighted by molar-refractivity contribution is -0.121. The Hall–Kier alpha value is -3.40. The lowest BCUT2D eigenvalue weighted by Gasteiger charge is -2.11. The normalized spacial score (nSPS) is 10.7. The van der Waals surface area contributed by atoms with Crippen molar-refractivity contribution in [3.05, 3.63) is 62.8 Å². The highest BCUT2D eigenvalue weighted by Gasteiger charge is 2.13. The molecule has 0 aliphatic carbocycles. The summed E-state index contributed by atoms with van der Waals surface area (Å²) in [6, 6.07) is 9.72. The number of H-pyrrole nitrogens is 2. The number of imidazole rings is 1. The van der Waals surface area contributed by atoms with Gasteiger partial charge in [0.05, 0.1) is 11.0 Å². The molecular formula is C20H21N5O2. The summed E-state index contributed by atoms with van der Waals surface area (Å²) < 4.78 is 0. The van der Waals surface area contributed by atoms with E-state index in [1.165, 1.54) is 0 Å². The first-order chi connectivity index (χ1) is 13.0. The number of rotatable bonds is 6. The van der Waals surface area contributed by atoms with Crippen molar-refractivity contribution < 1.29 is 4.79 Å². The first-order valence-corrected chi connectivity index (χ1v) is 8.82. The van der Waals surface area contributed by atoms with E-state index in [1.807, 2.05) is 30.3 Å². The summed E-state index contributed by atoms with van der Waals surface area (Å²) in [5.74, 6) is 0.761. The first-order valence-electron chi connectivity index (χ1n) is 8.82. The Labute approximate surface area is 156 Å². The highest BCUT2D eigenvalue weighted by atomic mass is 16.1. The van der Waals surface area contributed by atoms with Crippen molar-refractivity contribution >= 4 is 16.9 Å². The van der Waals surface area contributed by atoms with Gasteiger partial charge in [0.25, 0.3) is 5.56 Å². The van der Waals surface area contributed by atoms with Crippen LogP contribution in [-0.2, 0) is 17.6 Å². The van der Waals surface area contributed by atoms with E-state index in [2.05, 4.69) is 20.3 Å². The summed E-state index contributed by atoms with van der Waals surface area (Å²) in [4.78, 5) is 34.3. The lowest BCUT2D eigenvalue weighted by atomic mass is 9.99. The van der Waals surface area contributed by atoms with Crippen molar-refractivity contribution in [1.29, 1.82) is 5.26 Å². The number of carbonyl (C=O) groups excluding carboxylic acids is 1. The maximum absolute atomic E-state index is 12.1. The number of aryl methyl sites for hydroxylation is 1. The molecule has 0 spiro atoms. The fraction of sp³-hybridized carbons (Fsp3) is 0.300. The van der Waals surface area contributed by atoms with Crippen LogP contribution in [-0.4, -0.2) is 27.4 Å². The number of fused-ring (bicyclic) bond motifs is 1. The van der Waals surface area contributed by atoms with E-state index in [1.54, 1.807) is 13.8 Å². The van der Waals surface area contributed by atoms with E-state index < -0.39 is 0 Å². The van der Waals surface area contributed by atoms with Crippen LogP contribution in [0, 0.1) is 25.2 Å². The van der Waals surface area contributed by atoms with Gasteiger partial charge in [-0.3, -0.25) is 9.59 Å². The molecule has 0 aliphatic rings. The minimum atomic E-state index is -0.383. The molecule has 27 heavy (non-hydrogen) atoms. The zero-order chi connectivity index (χ0) is 19.4. The van der Waals surface area contributed by atoms with Gasteiger partial charge >= 0.3 is 0 Å². The van der Waals surface area contributed by atoms with E-state index in [4.69, 9.17) is 5.26 Å². The molecule has 0 bridgehead atoms. The molecule has 2 heterocycles. The Bertz CT molecular complexity index is 1050. The van der Waals surface area contributed by atoms with Crippen LogP contribution in [0.2, 0.25) is 0 Å². The van der Waals surface area contributed by atoms with Crippen molar-refractivity contribution in [2.75, 3.05) is 6.54 Å². The smallest absolute Gasteiger partial charge is 0.266 e. The van der Waals surface area contributed by atoms with E-state index in [9.17, 15) is 9.59 Å². The van der Waals surface area contributed by atoms with Crippen molar-refractivity contribution in [2.24, 2.45) is 0 Å². The number of aromatic nitrogens is 3. The molecular weight excluding hydrogens is 342 g/mol. The molecule has 2 aromatic heterocycles. The summed E-state index contributed by atoms with van der Waals surface area (Å²) in [5, 5.41) is 12.0. The maximum atomic E-state index is 12.1. The molecule has 0 aliphatic heterocycles. The average molecular weight is 363 g/mol. The molecule has 3 rings (SSSR count).